The Kier molecular flexibility index (Phi) is 5.17. The van der Waals surface area contributed by atoms with Gasteiger partial charge in [0.1, 0.15) is 0 Å². The molecule has 21 heavy (non-hydrogen) atoms. The molecule has 0 aliphatic rings. The van der Waals surface area contributed by atoms with Crippen LogP contribution in [0.15, 0.2) is 23.6 Å². The van der Waals surface area contributed by atoms with Crippen LogP contribution in [0.1, 0.15) is 12.8 Å². The molecule has 0 saturated heterocycles. The van der Waals surface area contributed by atoms with Gasteiger partial charge >= 0.3 is 5.97 Å². The number of carboxylic acid groups (broad SMARTS) is 1. The molecular formula is C13H10Cl2N2O3S. The molecule has 0 aliphatic heterocycles. The second-order valence-corrected chi connectivity index (χ2v) is 5.78. The Hall–Kier alpha value is -1.63. The van der Waals surface area contributed by atoms with Crippen molar-refractivity contribution in [3.63, 3.8) is 0 Å². The Morgan fingerprint density at radius 3 is 2.67 bits per heavy atom. The van der Waals surface area contributed by atoms with E-state index >= 15 is 0 Å². The van der Waals surface area contributed by atoms with E-state index in [0.29, 0.717) is 20.9 Å². The van der Waals surface area contributed by atoms with Crippen LogP contribution in [0, 0.1) is 0 Å². The third kappa shape index (κ3) is 4.42. The van der Waals surface area contributed by atoms with Gasteiger partial charge in [-0.15, -0.1) is 11.3 Å². The number of rotatable bonds is 5. The van der Waals surface area contributed by atoms with Crippen molar-refractivity contribution in [1.29, 1.82) is 0 Å². The highest BCUT2D eigenvalue weighted by molar-refractivity contribution is 7.14. The van der Waals surface area contributed by atoms with Crippen LogP contribution < -0.4 is 5.32 Å². The highest BCUT2D eigenvalue weighted by Crippen LogP contribution is 2.30. The first-order chi connectivity index (χ1) is 9.95. The van der Waals surface area contributed by atoms with Crippen molar-refractivity contribution < 1.29 is 14.7 Å². The molecule has 1 aromatic heterocycles. The first-order valence-electron chi connectivity index (χ1n) is 5.88. The fourth-order valence-corrected chi connectivity index (χ4v) is 2.56. The van der Waals surface area contributed by atoms with Crippen molar-refractivity contribution in [2.45, 2.75) is 12.8 Å². The summed E-state index contributed by atoms with van der Waals surface area (Å²) < 4.78 is 0. The molecule has 0 fully saturated rings. The number of halogens is 2. The maximum absolute atomic E-state index is 11.5. The molecule has 0 radical (unpaired) electrons. The quantitative estimate of drug-likeness (QED) is 0.861. The molecule has 0 bridgehead atoms. The lowest BCUT2D eigenvalue weighted by atomic mass is 10.2. The van der Waals surface area contributed by atoms with Gasteiger partial charge in [0.15, 0.2) is 5.13 Å². The number of hydrogen-bond acceptors (Lipinski definition) is 4. The Labute approximate surface area is 134 Å². The predicted molar refractivity (Wildman–Crippen MR) is 83.1 cm³/mol. The van der Waals surface area contributed by atoms with Gasteiger partial charge in [-0.3, -0.25) is 9.59 Å². The van der Waals surface area contributed by atoms with Crippen LogP contribution in [0.5, 0.6) is 0 Å². The van der Waals surface area contributed by atoms with Gasteiger partial charge in [-0.05, 0) is 12.1 Å². The van der Waals surface area contributed by atoms with Gasteiger partial charge in [0.2, 0.25) is 5.91 Å². The second kappa shape index (κ2) is 6.89. The van der Waals surface area contributed by atoms with Crippen molar-refractivity contribution in [3.05, 3.63) is 33.6 Å². The molecule has 8 heteroatoms. The smallest absolute Gasteiger partial charge is 0.303 e. The Balaban J connectivity index is 2.05. The summed E-state index contributed by atoms with van der Waals surface area (Å²) in [5, 5.41) is 14.1. The van der Waals surface area contributed by atoms with Gasteiger partial charge in [0.05, 0.1) is 22.2 Å². The number of aliphatic carboxylic acids is 1. The van der Waals surface area contributed by atoms with Gasteiger partial charge in [-0.2, -0.15) is 0 Å². The van der Waals surface area contributed by atoms with E-state index in [9.17, 15) is 9.59 Å². The number of anilines is 1. The SMILES string of the molecule is O=C(O)CCC(=O)Nc1nc(-c2ccc(Cl)c(Cl)c2)cs1. The Morgan fingerprint density at radius 2 is 2.00 bits per heavy atom. The minimum atomic E-state index is -1.01. The van der Waals surface area contributed by atoms with Gasteiger partial charge in [0, 0.05) is 17.4 Å². The third-order valence-electron chi connectivity index (χ3n) is 2.53. The normalized spacial score (nSPS) is 10.4. The topological polar surface area (TPSA) is 79.3 Å². The summed E-state index contributed by atoms with van der Waals surface area (Å²) in [5.74, 6) is -1.40. The fourth-order valence-electron chi connectivity index (χ4n) is 1.52. The average molecular weight is 345 g/mol. The molecule has 1 heterocycles. The summed E-state index contributed by atoms with van der Waals surface area (Å²) >= 11 is 13.0. The highest BCUT2D eigenvalue weighted by Gasteiger charge is 2.10. The zero-order valence-corrected chi connectivity index (χ0v) is 12.9. The molecule has 0 unspecified atom stereocenters. The van der Waals surface area contributed by atoms with E-state index in [1.165, 1.54) is 11.3 Å². The summed E-state index contributed by atoms with van der Waals surface area (Å²) in [6.45, 7) is 0. The number of benzene rings is 1. The molecule has 0 atom stereocenters. The lowest BCUT2D eigenvalue weighted by Crippen LogP contribution is -2.12. The largest absolute Gasteiger partial charge is 0.481 e. The van der Waals surface area contributed by atoms with E-state index in [1.54, 1.807) is 23.6 Å². The minimum absolute atomic E-state index is 0.0863. The first kappa shape index (κ1) is 15.8. The number of nitrogens with one attached hydrogen (secondary N) is 1. The molecule has 2 rings (SSSR count). The van der Waals surface area contributed by atoms with Crippen LogP contribution >= 0.6 is 34.5 Å². The van der Waals surface area contributed by atoms with Crippen molar-refractivity contribution in [2.24, 2.45) is 0 Å². The number of carbonyl (C=O) groups excluding carboxylic acids is 1. The van der Waals surface area contributed by atoms with E-state index < -0.39 is 5.97 Å². The molecule has 5 nitrogen and oxygen atoms in total. The summed E-state index contributed by atoms with van der Waals surface area (Å²) in [7, 11) is 0. The molecule has 1 amide bonds. The zero-order chi connectivity index (χ0) is 15.4. The number of amides is 1. The molecule has 0 saturated carbocycles. The number of aromatic nitrogens is 1. The predicted octanol–water partition coefficient (Wildman–Crippen LogP) is 3.92. The van der Waals surface area contributed by atoms with E-state index in [2.05, 4.69) is 10.3 Å². The number of hydrogen-bond donors (Lipinski definition) is 2. The average Bonchev–Trinajstić information content (AvgIpc) is 2.88. The molecule has 1 aromatic carbocycles. The molecule has 110 valence electrons. The van der Waals surface area contributed by atoms with Gasteiger partial charge < -0.3 is 10.4 Å². The molecule has 2 N–H and O–H groups in total. The molecule has 2 aromatic rings. The molecular weight excluding hydrogens is 335 g/mol. The highest BCUT2D eigenvalue weighted by atomic mass is 35.5. The van der Waals surface area contributed by atoms with Crippen LogP contribution in [0.3, 0.4) is 0 Å². The first-order valence-corrected chi connectivity index (χ1v) is 7.52. The van der Waals surface area contributed by atoms with Crippen LogP contribution in [0.2, 0.25) is 10.0 Å². The summed E-state index contributed by atoms with van der Waals surface area (Å²) in [6, 6.07) is 5.14. The van der Waals surface area contributed by atoms with Crippen LogP contribution in [-0.4, -0.2) is 22.0 Å². The number of carbonyl (C=O) groups is 2. The number of nitrogens with zero attached hydrogens (tertiary/aromatic N) is 1. The molecule has 0 aliphatic carbocycles. The second-order valence-electron chi connectivity index (χ2n) is 4.11. The van der Waals surface area contributed by atoms with E-state index in [1.807, 2.05) is 0 Å². The summed E-state index contributed by atoms with van der Waals surface area (Å²) in [6.07, 6.45) is -0.298. The summed E-state index contributed by atoms with van der Waals surface area (Å²) in [5.41, 5.74) is 1.44. The minimum Gasteiger partial charge on any atom is -0.481 e. The van der Waals surface area contributed by atoms with Gasteiger partial charge in [-0.25, -0.2) is 4.98 Å². The number of carboxylic acids is 1. The van der Waals surface area contributed by atoms with Crippen molar-refractivity contribution in [1.82, 2.24) is 4.98 Å². The number of thiazole rings is 1. The van der Waals surface area contributed by atoms with Crippen molar-refractivity contribution in [2.75, 3.05) is 5.32 Å². The van der Waals surface area contributed by atoms with Crippen LogP contribution in [-0.2, 0) is 9.59 Å². The lowest BCUT2D eigenvalue weighted by Gasteiger charge is -2.00. The maximum atomic E-state index is 11.5. The standard InChI is InChI=1S/C13H10Cl2N2O3S/c14-8-2-1-7(5-9(8)15)10-6-21-13(16-10)17-11(18)3-4-12(19)20/h1-2,5-6H,3-4H2,(H,19,20)(H,16,17,18). The summed E-state index contributed by atoms with van der Waals surface area (Å²) in [4.78, 5) is 26.2. The van der Waals surface area contributed by atoms with Crippen LogP contribution in [0.4, 0.5) is 5.13 Å². The van der Waals surface area contributed by atoms with E-state index in [-0.39, 0.29) is 18.7 Å². The third-order valence-corrected chi connectivity index (χ3v) is 4.03. The van der Waals surface area contributed by atoms with Gasteiger partial charge in [0.25, 0.3) is 0 Å². The Bertz CT molecular complexity index is 688. The van der Waals surface area contributed by atoms with Crippen molar-refractivity contribution >= 4 is 51.5 Å². The van der Waals surface area contributed by atoms with E-state index in [0.717, 1.165) is 5.56 Å². The molecule has 0 spiro atoms. The van der Waals surface area contributed by atoms with Gasteiger partial charge in [-0.1, -0.05) is 29.3 Å². The van der Waals surface area contributed by atoms with E-state index in [4.69, 9.17) is 28.3 Å². The van der Waals surface area contributed by atoms with Crippen LogP contribution in [0.25, 0.3) is 11.3 Å². The monoisotopic (exact) mass is 344 g/mol. The maximum Gasteiger partial charge on any atom is 0.303 e. The Morgan fingerprint density at radius 1 is 1.24 bits per heavy atom. The lowest BCUT2D eigenvalue weighted by molar-refractivity contribution is -0.138. The zero-order valence-electron chi connectivity index (χ0n) is 10.6. The fraction of sp³-hybridized carbons (Fsp3) is 0.154. The van der Waals surface area contributed by atoms with Crippen molar-refractivity contribution in [3.8, 4) is 11.3 Å².